The van der Waals surface area contributed by atoms with Gasteiger partial charge in [-0.25, -0.2) is 4.79 Å². The average Bonchev–Trinajstić information content (AvgIpc) is 3.76. The fraction of sp³-hybridized carbons (Fsp3) is 0.816. The molecule has 0 aromatic heterocycles. The van der Waals surface area contributed by atoms with E-state index in [0.29, 0.717) is 44.2 Å². The number of carbonyl (C=O) groups excluding carboxylic acids is 5. The lowest BCUT2D eigenvalue weighted by Gasteiger charge is -2.45. The fourth-order valence-electron chi connectivity index (χ4n) is 7.08. The largest absolute Gasteiger partial charge is 0.379 e. The Labute approximate surface area is 301 Å². The van der Waals surface area contributed by atoms with Crippen LogP contribution in [0.1, 0.15) is 114 Å². The summed E-state index contributed by atoms with van der Waals surface area (Å²) in [7, 11) is 1.77. The highest BCUT2D eigenvalue weighted by molar-refractivity contribution is 6.38. The van der Waals surface area contributed by atoms with Crippen LogP contribution in [0.3, 0.4) is 0 Å². The number of hydrogen-bond donors (Lipinski definition) is 5. The van der Waals surface area contributed by atoms with Gasteiger partial charge in [0.05, 0.1) is 6.04 Å². The molecule has 2 unspecified atom stereocenters. The number of likely N-dealkylation sites (N-methyl/N-ethyl adjacent to an activating group) is 1. The number of amides is 5. The summed E-state index contributed by atoms with van der Waals surface area (Å²) in [6.45, 7) is 24.3. The van der Waals surface area contributed by atoms with Crippen LogP contribution < -0.4 is 21.3 Å². The summed E-state index contributed by atoms with van der Waals surface area (Å²) in [5.74, 6) is -0.974. The van der Waals surface area contributed by atoms with Crippen molar-refractivity contribution in [2.45, 2.75) is 144 Å². The second-order valence-corrected chi connectivity index (χ2v) is 17.4. The van der Waals surface area contributed by atoms with Crippen LogP contribution in [0.2, 0.25) is 0 Å². The molecule has 5 amide bonds. The lowest BCUT2D eigenvalue weighted by molar-refractivity contribution is -0.142. The third-order valence-corrected chi connectivity index (χ3v) is 10.1. The Morgan fingerprint density at radius 3 is 2.08 bits per heavy atom. The Morgan fingerprint density at radius 1 is 1.00 bits per heavy atom. The Bertz CT molecular complexity index is 1210. The van der Waals surface area contributed by atoms with Crippen molar-refractivity contribution < 1.29 is 29.1 Å². The number of aliphatic hydroxyl groups is 1. The number of ketones is 1. The normalized spacial score (nSPS) is 21.9. The number of nitrogens with zero attached hydrogens (tertiary/aromatic N) is 2. The lowest BCUT2D eigenvalue weighted by atomic mass is 9.77. The molecular formula is C38H68N6O6. The maximum atomic E-state index is 14.6. The van der Waals surface area contributed by atoms with Crippen LogP contribution in [-0.2, 0) is 19.2 Å². The summed E-state index contributed by atoms with van der Waals surface area (Å²) in [5.41, 5.74) is -2.09. The first-order chi connectivity index (χ1) is 23.1. The zero-order chi connectivity index (χ0) is 38.2. The van der Waals surface area contributed by atoms with Crippen molar-refractivity contribution in [3.05, 3.63) is 12.7 Å². The molecule has 1 heterocycles. The van der Waals surface area contributed by atoms with Crippen LogP contribution in [0.25, 0.3) is 0 Å². The quantitative estimate of drug-likeness (QED) is 0.0820. The van der Waals surface area contributed by atoms with E-state index < -0.39 is 58.4 Å². The maximum Gasteiger partial charge on any atom is 0.316 e. The van der Waals surface area contributed by atoms with Gasteiger partial charge in [-0.15, -0.1) is 6.58 Å². The van der Waals surface area contributed by atoms with Crippen molar-refractivity contribution in [2.75, 3.05) is 26.7 Å². The Balaban J connectivity index is 2.34. The second-order valence-electron chi connectivity index (χ2n) is 17.4. The van der Waals surface area contributed by atoms with Gasteiger partial charge in [-0.3, -0.25) is 24.5 Å². The summed E-state index contributed by atoms with van der Waals surface area (Å²) in [4.78, 5) is 70.7. The molecule has 1 saturated heterocycles. The van der Waals surface area contributed by atoms with Gasteiger partial charge < -0.3 is 30.9 Å². The first-order valence-electron chi connectivity index (χ1n) is 18.6. The summed E-state index contributed by atoms with van der Waals surface area (Å²) < 4.78 is 0. The number of likely N-dealkylation sites (tertiary alicyclic amines) is 1. The van der Waals surface area contributed by atoms with Gasteiger partial charge >= 0.3 is 6.03 Å². The first-order valence-corrected chi connectivity index (χ1v) is 18.6. The molecule has 0 spiro atoms. The van der Waals surface area contributed by atoms with Crippen molar-refractivity contribution in [1.29, 1.82) is 0 Å². The van der Waals surface area contributed by atoms with Crippen LogP contribution in [0, 0.1) is 28.6 Å². The number of nitrogens with one attached hydrogen (secondary N) is 4. The van der Waals surface area contributed by atoms with Crippen molar-refractivity contribution in [3.63, 3.8) is 0 Å². The Hall–Kier alpha value is -2.99. The van der Waals surface area contributed by atoms with E-state index in [2.05, 4.69) is 41.7 Å². The van der Waals surface area contributed by atoms with E-state index in [0.717, 1.165) is 19.3 Å². The summed E-state index contributed by atoms with van der Waals surface area (Å²) in [6.07, 6.45) is 5.12. The smallest absolute Gasteiger partial charge is 0.316 e. The molecule has 1 aliphatic carbocycles. The SMILES string of the molecule is C=CCNC(=O)C(=O)C(CCC)NC(O)C[C@@]1(C)[C@@H](CC(C)C)CCN1C(=O)[C@@H](NC(=O)N[C@H](C(=O)N(C)CC1CC1)C(C)(C)C)C(C)(C)C. The fourth-order valence-corrected chi connectivity index (χ4v) is 7.08. The highest BCUT2D eigenvalue weighted by atomic mass is 16.3. The molecular weight excluding hydrogens is 636 g/mol. The van der Waals surface area contributed by atoms with Gasteiger partial charge in [-0.05, 0) is 67.6 Å². The minimum atomic E-state index is -1.19. The average molecular weight is 705 g/mol. The number of hydrogen-bond acceptors (Lipinski definition) is 7. The highest BCUT2D eigenvalue weighted by Gasteiger charge is 2.51. The van der Waals surface area contributed by atoms with Gasteiger partial charge in [-0.2, -0.15) is 0 Å². The molecule has 0 aromatic carbocycles. The molecule has 1 aliphatic heterocycles. The van der Waals surface area contributed by atoms with Gasteiger partial charge in [-0.1, -0.05) is 74.8 Å². The molecule has 5 N–H and O–H groups in total. The number of urea groups is 1. The third-order valence-electron chi connectivity index (χ3n) is 10.1. The number of rotatable bonds is 18. The van der Waals surface area contributed by atoms with Crippen LogP contribution in [0.4, 0.5) is 4.79 Å². The van der Waals surface area contributed by atoms with Crippen molar-refractivity contribution >= 4 is 29.5 Å². The molecule has 1 saturated carbocycles. The number of aliphatic hydroxyl groups excluding tert-OH is 1. The minimum Gasteiger partial charge on any atom is -0.379 e. The molecule has 0 aromatic rings. The van der Waals surface area contributed by atoms with Gasteiger partial charge in [0.1, 0.15) is 18.3 Å². The molecule has 2 rings (SSSR count). The first kappa shape index (κ1) is 43.2. The number of carbonyl (C=O) groups is 5. The number of Topliss-reactive ketones (excluding diaryl/α,β-unsaturated/α-hetero) is 1. The topological polar surface area (TPSA) is 160 Å². The minimum absolute atomic E-state index is 0.0402. The standard InChI is InChI=1S/C38H68N6O6/c1-13-15-27(29(46)32(47)39-19-14-2)40-28(45)22-38(11)26(21-24(3)4)18-20-44(38)34(49)31(37(8,9)10)42-35(50)41-30(36(5,6)7)33(48)43(12)23-25-16-17-25/h14,24-28,30-31,40,45H,2,13,15-23H2,1,3-12H3,(H,39,47)(H2,41,42,50)/t26-,27?,28?,30-,31-,38+/m1/s1. The van der Waals surface area contributed by atoms with E-state index in [-0.39, 0.29) is 30.7 Å². The lowest BCUT2D eigenvalue weighted by Crippen LogP contribution is -2.63. The second kappa shape index (κ2) is 18.0. The monoisotopic (exact) mass is 705 g/mol. The Kier molecular flexibility index (Phi) is 15.5. The Morgan fingerprint density at radius 2 is 1.58 bits per heavy atom. The summed E-state index contributed by atoms with van der Waals surface area (Å²) in [6, 6.07) is -3.23. The molecule has 286 valence electrons. The van der Waals surface area contributed by atoms with Crippen LogP contribution in [0.5, 0.6) is 0 Å². The van der Waals surface area contributed by atoms with Crippen LogP contribution in [-0.4, -0.2) is 101 Å². The molecule has 2 aliphatic rings. The molecule has 12 nitrogen and oxygen atoms in total. The van der Waals surface area contributed by atoms with Crippen molar-refractivity contribution in [1.82, 2.24) is 31.1 Å². The van der Waals surface area contributed by atoms with Crippen LogP contribution >= 0.6 is 0 Å². The molecule has 6 atom stereocenters. The predicted octanol–water partition coefficient (Wildman–Crippen LogP) is 3.97. The van der Waals surface area contributed by atoms with E-state index in [9.17, 15) is 29.1 Å². The summed E-state index contributed by atoms with van der Waals surface area (Å²) in [5, 5.41) is 22.8. The van der Waals surface area contributed by atoms with E-state index in [1.807, 2.05) is 55.4 Å². The molecule has 0 radical (unpaired) electrons. The molecule has 12 heteroatoms. The predicted molar refractivity (Wildman–Crippen MR) is 197 cm³/mol. The molecule has 0 bridgehead atoms. The van der Waals surface area contributed by atoms with E-state index in [4.69, 9.17) is 0 Å². The highest BCUT2D eigenvalue weighted by Crippen LogP contribution is 2.43. The van der Waals surface area contributed by atoms with Gasteiger partial charge in [0, 0.05) is 38.6 Å². The third kappa shape index (κ3) is 12.1. The van der Waals surface area contributed by atoms with Gasteiger partial charge in [0.15, 0.2) is 0 Å². The van der Waals surface area contributed by atoms with Gasteiger partial charge in [0.2, 0.25) is 17.6 Å². The van der Waals surface area contributed by atoms with Gasteiger partial charge in [0.25, 0.3) is 5.91 Å². The zero-order valence-corrected chi connectivity index (χ0v) is 32.8. The van der Waals surface area contributed by atoms with Crippen LogP contribution in [0.15, 0.2) is 12.7 Å². The summed E-state index contributed by atoms with van der Waals surface area (Å²) >= 11 is 0. The van der Waals surface area contributed by atoms with E-state index in [1.54, 1.807) is 16.8 Å². The maximum absolute atomic E-state index is 14.6. The molecule has 2 fully saturated rings. The molecule has 50 heavy (non-hydrogen) atoms. The van der Waals surface area contributed by atoms with E-state index >= 15 is 0 Å². The van der Waals surface area contributed by atoms with E-state index in [1.165, 1.54) is 6.08 Å². The van der Waals surface area contributed by atoms with Crippen molar-refractivity contribution in [2.24, 2.45) is 28.6 Å². The zero-order valence-electron chi connectivity index (χ0n) is 32.8. The van der Waals surface area contributed by atoms with Crippen molar-refractivity contribution in [3.8, 4) is 0 Å².